The van der Waals surface area contributed by atoms with Gasteiger partial charge in [0.2, 0.25) is 0 Å². The van der Waals surface area contributed by atoms with Crippen LogP contribution in [0.4, 0.5) is 0 Å². The maximum atomic E-state index is 12.5. The monoisotopic (exact) mass is 634 g/mol. The molecule has 9 rings (SSSR count). The molecule has 0 N–H and O–H groups in total. The maximum absolute atomic E-state index is 12.5. The SMILES string of the molecule is Cn1c(=O)n(C)c2cc(-c3ccc(-c4cc(-c5cc(-c6ccccc6)c6oc7ccccc7c6c5)nc(-c5ccccc5)n4)cc3)ccc21. The summed E-state index contributed by atoms with van der Waals surface area (Å²) in [5.41, 5.74) is 12.3. The summed E-state index contributed by atoms with van der Waals surface area (Å²) < 4.78 is 9.81. The highest BCUT2D eigenvalue weighted by Crippen LogP contribution is 2.40. The lowest BCUT2D eigenvalue weighted by Crippen LogP contribution is -2.19. The summed E-state index contributed by atoms with van der Waals surface area (Å²) in [7, 11) is 3.61. The summed E-state index contributed by atoms with van der Waals surface area (Å²) in [5.74, 6) is 0.658. The fourth-order valence-corrected chi connectivity index (χ4v) is 6.79. The Kier molecular flexibility index (Phi) is 6.62. The Morgan fingerprint density at radius 3 is 1.86 bits per heavy atom. The van der Waals surface area contributed by atoms with E-state index in [0.717, 1.165) is 83.3 Å². The molecular formula is C43H30N4O2. The van der Waals surface area contributed by atoms with E-state index < -0.39 is 0 Å². The molecule has 3 heterocycles. The van der Waals surface area contributed by atoms with Gasteiger partial charge in [0.15, 0.2) is 5.82 Å². The summed E-state index contributed by atoms with van der Waals surface area (Å²) in [6.45, 7) is 0. The molecule has 0 aliphatic rings. The van der Waals surface area contributed by atoms with Crippen molar-refractivity contribution in [2.75, 3.05) is 0 Å². The molecule has 0 spiro atoms. The number of hydrogen-bond donors (Lipinski definition) is 0. The minimum absolute atomic E-state index is 0.0349. The average molecular weight is 635 g/mol. The Bertz CT molecular complexity index is 2740. The molecule has 0 radical (unpaired) electrons. The number of aromatic nitrogens is 4. The molecule has 0 aliphatic carbocycles. The van der Waals surface area contributed by atoms with E-state index in [9.17, 15) is 4.79 Å². The van der Waals surface area contributed by atoms with Crippen molar-refractivity contribution in [3.8, 4) is 56.2 Å². The van der Waals surface area contributed by atoms with Crippen molar-refractivity contribution in [2.24, 2.45) is 14.1 Å². The minimum atomic E-state index is -0.0349. The van der Waals surface area contributed by atoms with Gasteiger partial charge in [-0.2, -0.15) is 0 Å². The van der Waals surface area contributed by atoms with Crippen molar-refractivity contribution in [3.63, 3.8) is 0 Å². The normalized spacial score (nSPS) is 11.6. The standard InChI is InChI=1S/C43H30N4O2/c1-46-38-22-21-31(25-39(38)47(2)43(46)48)27-17-19-29(20-18-27)36-26-37(45-42(44-36)30-13-7-4-8-14-30)32-23-34(28-11-5-3-6-12-28)41-35(24-32)33-15-9-10-16-40(33)49-41/h3-26H,1-2H3. The van der Waals surface area contributed by atoms with Crippen LogP contribution in [0.15, 0.2) is 155 Å². The van der Waals surface area contributed by atoms with Gasteiger partial charge in [-0.15, -0.1) is 0 Å². The topological polar surface area (TPSA) is 65.8 Å². The number of rotatable bonds is 5. The van der Waals surface area contributed by atoms with E-state index in [1.807, 2.05) is 67.7 Å². The van der Waals surface area contributed by atoms with E-state index in [1.54, 1.807) is 16.2 Å². The predicted molar refractivity (Wildman–Crippen MR) is 198 cm³/mol. The molecule has 0 saturated carbocycles. The molecule has 0 amide bonds. The van der Waals surface area contributed by atoms with E-state index in [2.05, 4.69) is 84.9 Å². The van der Waals surface area contributed by atoms with Gasteiger partial charge in [0.05, 0.1) is 22.4 Å². The Balaban J connectivity index is 1.20. The smallest absolute Gasteiger partial charge is 0.328 e. The summed E-state index contributed by atoms with van der Waals surface area (Å²) >= 11 is 0. The molecule has 6 heteroatoms. The number of furan rings is 1. The third-order valence-electron chi connectivity index (χ3n) is 9.40. The van der Waals surface area contributed by atoms with Crippen molar-refractivity contribution in [3.05, 3.63) is 156 Å². The third-order valence-corrected chi connectivity index (χ3v) is 9.40. The van der Waals surface area contributed by atoms with Crippen molar-refractivity contribution >= 4 is 33.0 Å². The quantitative estimate of drug-likeness (QED) is 0.189. The number of imidazole rings is 1. The van der Waals surface area contributed by atoms with Crippen LogP contribution in [0, 0.1) is 0 Å². The first-order valence-corrected chi connectivity index (χ1v) is 16.2. The number of fused-ring (bicyclic) bond motifs is 4. The van der Waals surface area contributed by atoms with Crippen LogP contribution in [0.25, 0.3) is 89.1 Å². The van der Waals surface area contributed by atoms with Crippen molar-refractivity contribution < 1.29 is 4.42 Å². The van der Waals surface area contributed by atoms with Gasteiger partial charge in [-0.3, -0.25) is 9.13 Å². The first-order chi connectivity index (χ1) is 24.0. The fraction of sp³-hybridized carbons (Fsp3) is 0.0465. The van der Waals surface area contributed by atoms with Crippen LogP contribution in [0.2, 0.25) is 0 Å². The molecule has 0 unspecified atom stereocenters. The van der Waals surface area contributed by atoms with Crippen LogP contribution in [0.3, 0.4) is 0 Å². The number of hydrogen-bond acceptors (Lipinski definition) is 4. The maximum Gasteiger partial charge on any atom is 0.328 e. The van der Waals surface area contributed by atoms with E-state index in [1.165, 1.54) is 0 Å². The second-order valence-electron chi connectivity index (χ2n) is 12.4. The number of benzene rings is 6. The molecule has 6 aromatic carbocycles. The molecule has 234 valence electrons. The molecule has 9 aromatic rings. The van der Waals surface area contributed by atoms with Crippen molar-refractivity contribution in [2.45, 2.75) is 0 Å². The summed E-state index contributed by atoms with van der Waals surface area (Å²) in [5, 5.41) is 2.11. The van der Waals surface area contributed by atoms with Gasteiger partial charge in [0.1, 0.15) is 11.2 Å². The van der Waals surface area contributed by atoms with Gasteiger partial charge in [-0.25, -0.2) is 14.8 Å². The van der Waals surface area contributed by atoms with Crippen LogP contribution in [0.5, 0.6) is 0 Å². The van der Waals surface area contributed by atoms with Crippen LogP contribution < -0.4 is 5.69 Å². The Labute approximate surface area is 282 Å². The highest BCUT2D eigenvalue weighted by molar-refractivity contribution is 6.11. The number of nitrogens with zero attached hydrogens (tertiary/aromatic N) is 4. The summed E-state index contributed by atoms with van der Waals surface area (Å²) in [4.78, 5) is 22.7. The fourth-order valence-electron chi connectivity index (χ4n) is 6.79. The first-order valence-electron chi connectivity index (χ1n) is 16.2. The van der Waals surface area contributed by atoms with Crippen LogP contribution in [-0.2, 0) is 14.1 Å². The van der Waals surface area contributed by atoms with Gasteiger partial charge < -0.3 is 4.42 Å². The average Bonchev–Trinajstić information content (AvgIpc) is 3.65. The van der Waals surface area contributed by atoms with Crippen molar-refractivity contribution in [1.82, 2.24) is 19.1 Å². The molecule has 3 aromatic heterocycles. The molecule has 0 fully saturated rings. The first kappa shape index (κ1) is 28.7. The third kappa shape index (κ3) is 4.85. The Morgan fingerprint density at radius 1 is 0.490 bits per heavy atom. The van der Waals surface area contributed by atoms with Crippen molar-refractivity contribution in [1.29, 1.82) is 0 Å². The largest absolute Gasteiger partial charge is 0.455 e. The van der Waals surface area contributed by atoms with Gasteiger partial charge in [-0.1, -0.05) is 109 Å². The predicted octanol–water partition coefficient (Wildman–Crippen LogP) is 9.90. The van der Waals surface area contributed by atoms with Gasteiger partial charge in [0.25, 0.3) is 0 Å². The molecule has 0 bridgehead atoms. The van der Waals surface area contributed by atoms with Crippen LogP contribution in [-0.4, -0.2) is 19.1 Å². The molecule has 0 saturated heterocycles. The lowest BCUT2D eigenvalue weighted by molar-refractivity contribution is 0.670. The lowest BCUT2D eigenvalue weighted by Gasteiger charge is -2.12. The van der Waals surface area contributed by atoms with E-state index >= 15 is 0 Å². The van der Waals surface area contributed by atoms with E-state index in [4.69, 9.17) is 14.4 Å². The zero-order chi connectivity index (χ0) is 33.1. The number of para-hydroxylation sites is 1. The molecule has 0 aliphatic heterocycles. The van der Waals surface area contributed by atoms with E-state index in [0.29, 0.717) is 5.82 Å². The van der Waals surface area contributed by atoms with Crippen LogP contribution >= 0.6 is 0 Å². The minimum Gasteiger partial charge on any atom is -0.455 e. The Hall–Kier alpha value is -6.53. The number of aryl methyl sites for hydroxylation is 2. The Morgan fingerprint density at radius 2 is 1.10 bits per heavy atom. The molecule has 0 atom stereocenters. The summed E-state index contributed by atoms with van der Waals surface area (Å²) in [6.07, 6.45) is 0. The van der Waals surface area contributed by atoms with Gasteiger partial charge in [0, 0.05) is 47.1 Å². The molecule has 6 nitrogen and oxygen atoms in total. The highest BCUT2D eigenvalue weighted by Gasteiger charge is 2.18. The van der Waals surface area contributed by atoms with Gasteiger partial charge >= 0.3 is 5.69 Å². The van der Waals surface area contributed by atoms with Gasteiger partial charge in [-0.05, 0) is 53.1 Å². The highest BCUT2D eigenvalue weighted by atomic mass is 16.3. The zero-order valence-electron chi connectivity index (χ0n) is 27.0. The second kappa shape index (κ2) is 11.3. The summed E-state index contributed by atoms with van der Waals surface area (Å²) in [6, 6.07) is 49.6. The van der Waals surface area contributed by atoms with E-state index in [-0.39, 0.29) is 5.69 Å². The molecule has 49 heavy (non-hydrogen) atoms. The second-order valence-corrected chi connectivity index (χ2v) is 12.4. The van der Waals surface area contributed by atoms with Crippen LogP contribution in [0.1, 0.15) is 0 Å². The lowest BCUT2D eigenvalue weighted by atomic mass is 9.97. The zero-order valence-corrected chi connectivity index (χ0v) is 27.0. The molecular weight excluding hydrogens is 604 g/mol.